The summed E-state index contributed by atoms with van der Waals surface area (Å²) in [6.07, 6.45) is 11.0. The number of hydrogen-bond acceptors (Lipinski definition) is 2. The number of carbonyl (C=O) groups is 1. The van der Waals surface area contributed by atoms with E-state index in [9.17, 15) is 4.79 Å². The molecule has 2 atom stereocenters. The lowest BCUT2D eigenvalue weighted by molar-refractivity contribution is -0.121. The summed E-state index contributed by atoms with van der Waals surface area (Å²) in [4.78, 5) is 11.6. The molecule has 2 aliphatic carbocycles. The lowest BCUT2D eigenvalue weighted by Crippen LogP contribution is -2.34. The highest BCUT2D eigenvalue weighted by atomic mass is 16.1. The molecule has 0 heterocycles. The van der Waals surface area contributed by atoms with Crippen LogP contribution in [-0.2, 0) is 4.79 Å². The Hall–Kier alpha value is -0.570. The van der Waals surface area contributed by atoms with Gasteiger partial charge in [0.05, 0.1) is 0 Å². The van der Waals surface area contributed by atoms with Crippen molar-refractivity contribution in [3.8, 4) is 0 Å². The van der Waals surface area contributed by atoms with Crippen LogP contribution in [0.5, 0.6) is 0 Å². The first-order chi connectivity index (χ1) is 8.78. The summed E-state index contributed by atoms with van der Waals surface area (Å²) in [7, 11) is 0. The molecule has 0 aromatic rings. The Balaban J connectivity index is 1.56. The molecule has 0 aromatic carbocycles. The van der Waals surface area contributed by atoms with E-state index in [0.717, 1.165) is 12.5 Å². The Bertz CT molecular complexity index is 263. The fraction of sp³-hybridized carbons (Fsp3) is 0.933. The van der Waals surface area contributed by atoms with Gasteiger partial charge in [0.2, 0.25) is 5.91 Å². The van der Waals surface area contributed by atoms with Gasteiger partial charge in [0.15, 0.2) is 0 Å². The Morgan fingerprint density at radius 3 is 2.56 bits per heavy atom. The molecule has 0 radical (unpaired) electrons. The fourth-order valence-corrected chi connectivity index (χ4v) is 2.91. The van der Waals surface area contributed by atoms with Gasteiger partial charge in [0, 0.05) is 25.0 Å². The van der Waals surface area contributed by atoms with Crippen molar-refractivity contribution in [1.29, 1.82) is 0 Å². The maximum atomic E-state index is 11.6. The van der Waals surface area contributed by atoms with Crippen LogP contribution in [0.2, 0.25) is 0 Å². The van der Waals surface area contributed by atoms with E-state index in [1.165, 1.54) is 51.4 Å². The van der Waals surface area contributed by atoms with Gasteiger partial charge >= 0.3 is 0 Å². The maximum absolute atomic E-state index is 11.6. The second kappa shape index (κ2) is 7.13. The Kier molecular flexibility index (Phi) is 5.48. The van der Waals surface area contributed by atoms with E-state index in [1.54, 1.807) is 0 Å². The molecule has 2 unspecified atom stereocenters. The highest BCUT2D eigenvalue weighted by Crippen LogP contribution is 2.25. The SMILES string of the molecule is CCC1CCCC(NCCC(=O)NC2CC2)CC1. The van der Waals surface area contributed by atoms with Gasteiger partial charge in [-0.05, 0) is 38.0 Å². The predicted octanol–water partition coefficient (Wildman–Crippen LogP) is 2.60. The van der Waals surface area contributed by atoms with Gasteiger partial charge in [-0.3, -0.25) is 4.79 Å². The molecule has 0 saturated heterocycles. The summed E-state index contributed by atoms with van der Waals surface area (Å²) in [6.45, 7) is 3.15. The average Bonchev–Trinajstić information content (AvgIpc) is 3.16. The monoisotopic (exact) mass is 252 g/mol. The quantitative estimate of drug-likeness (QED) is 0.713. The second-order valence-electron chi connectivity index (χ2n) is 6.03. The number of carbonyl (C=O) groups excluding carboxylic acids is 1. The summed E-state index contributed by atoms with van der Waals surface area (Å²) in [5, 5.41) is 6.61. The van der Waals surface area contributed by atoms with Gasteiger partial charge in [0.1, 0.15) is 0 Å². The first-order valence-corrected chi connectivity index (χ1v) is 7.80. The third-order valence-electron chi connectivity index (χ3n) is 4.39. The van der Waals surface area contributed by atoms with Crippen LogP contribution in [0.1, 0.15) is 64.7 Å². The zero-order valence-corrected chi connectivity index (χ0v) is 11.7. The van der Waals surface area contributed by atoms with Crippen LogP contribution in [-0.4, -0.2) is 24.5 Å². The number of rotatable bonds is 6. The number of nitrogens with one attached hydrogen (secondary N) is 2. The molecule has 0 spiro atoms. The van der Waals surface area contributed by atoms with Gasteiger partial charge in [-0.25, -0.2) is 0 Å². The van der Waals surface area contributed by atoms with Crippen molar-refractivity contribution in [2.45, 2.75) is 76.8 Å². The molecule has 2 rings (SSSR count). The van der Waals surface area contributed by atoms with Crippen molar-refractivity contribution >= 4 is 5.91 Å². The van der Waals surface area contributed by atoms with Crippen LogP contribution in [0.3, 0.4) is 0 Å². The number of amides is 1. The third kappa shape index (κ3) is 4.97. The lowest BCUT2D eigenvalue weighted by atomic mass is 9.98. The molecule has 0 bridgehead atoms. The van der Waals surface area contributed by atoms with Gasteiger partial charge < -0.3 is 10.6 Å². The van der Waals surface area contributed by atoms with Crippen molar-refractivity contribution in [3.05, 3.63) is 0 Å². The van der Waals surface area contributed by atoms with Gasteiger partial charge in [-0.1, -0.05) is 26.2 Å². The van der Waals surface area contributed by atoms with Crippen LogP contribution in [0.15, 0.2) is 0 Å². The molecule has 2 fully saturated rings. The Morgan fingerprint density at radius 1 is 1.06 bits per heavy atom. The first kappa shape index (κ1) is 13.9. The van der Waals surface area contributed by atoms with Crippen LogP contribution >= 0.6 is 0 Å². The minimum Gasteiger partial charge on any atom is -0.353 e. The standard InChI is InChI=1S/C15H28N2O/c1-2-12-4-3-5-13(7-6-12)16-11-10-15(18)17-14-8-9-14/h12-14,16H,2-11H2,1H3,(H,17,18). The highest BCUT2D eigenvalue weighted by molar-refractivity contribution is 5.76. The molecule has 0 aromatic heterocycles. The molecule has 2 saturated carbocycles. The van der Waals surface area contributed by atoms with Crippen LogP contribution in [0.4, 0.5) is 0 Å². The number of hydrogen-bond donors (Lipinski definition) is 2. The molecule has 2 aliphatic rings. The third-order valence-corrected chi connectivity index (χ3v) is 4.39. The van der Waals surface area contributed by atoms with Crippen LogP contribution in [0, 0.1) is 5.92 Å². The average molecular weight is 252 g/mol. The summed E-state index contributed by atoms with van der Waals surface area (Å²) >= 11 is 0. The van der Waals surface area contributed by atoms with Gasteiger partial charge in [0.25, 0.3) is 0 Å². The normalized spacial score (nSPS) is 28.7. The first-order valence-electron chi connectivity index (χ1n) is 7.80. The van der Waals surface area contributed by atoms with E-state index in [0.29, 0.717) is 18.5 Å². The highest BCUT2D eigenvalue weighted by Gasteiger charge is 2.23. The summed E-state index contributed by atoms with van der Waals surface area (Å²) in [5.74, 6) is 1.17. The summed E-state index contributed by atoms with van der Waals surface area (Å²) in [6, 6.07) is 1.15. The van der Waals surface area contributed by atoms with Gasteiger partial charge in [-0.15, -0.1) is 0 Å². The van der Waals surface area contributed by atoms with E-state index in [4.69, 9.17) is 0 Å². The smallest absolute Gasteiger partial charge is 0.221 e. The molecule has 104 valence electrons. The second-order valence-corrected chi connectivity index (χ2v) is 6.03. The van der Waals surface area contributed by atoms with Crippen molar-refractivity contribution in [3.63, 3.8) is 0 Å². The van der Waals surface area contributed by atoms with Crippen LogP contribution < -0.4 is 10.6 Å². The minimum atomic E-state index is 0.227. The predicted molar refractivity (Wildman–Crippen MR) is 74.4 cm³/mol. The topological polar surface area (TPSA) is 41.1 Å². The molecule has 1 amide bonds. The Morgan fingerprint density at radius 2 is 1.83 bits per heavy atom. The summed E-state index contributed by atoms with van der Waals surface area (Å²) in [5.41, 5.74) is 0. The molecule has 18 heavy (non-hydrogen) atoms. The zero-order chi connectivity index (χ0) is 12.8. The Labute approximate surface area is 111 Å². The fourth-order valence-electron chi connectivity index (χ4n) is 2.91. The van der Waals surface area contributed by atoms with Crippen molar-refractivity contribution in [1.82, 2.24) is 10.6 Å². The summed E-state index contributed by atoms with van der Waals surface area (Å²) < 4.78 is 0. The maximum Gasteiger partial charge on any atom is 0.221 e. The van der Waals surface area contributed by atoms with Crippen molar-refractivity contribution < 1.29 is 4.79 Å². The lowest BCUT2D eigenvalue weighted by Gasteiger charge is -2.16. The molecule has 3 nitrogen and oxygen atoms in total. The van der Waals surface area contributed by atoms with Crippen LogP contribution in [0.25, 0.3) is 0 Å². The molecular weight excluding hydrogens is 224 g/mol. The van der Waals surface area contributed by atoms with Crippen molar-refractivity contribution in [2.24, 2.45) is 5.92 Å². The zero-order valence-electron chi connectivity index (χ0n) is 11.7. The van der Waals surface area contributed by atoms with E-state index in [2.05, 4.69) is 17.6 Å². The molecule has 2 N–H and O–H groups in total. The van der Waals surface area contributed by atoms with E-state index in [-0.39, 0.29) is 5.91 Å². The van der Waals surface area contributed by atoms with Gasteiger partial charge in [-0.2, -0.15) is 0 Å². The minimum absolute atomic E-state index is 0.227. The van der Waals surface area contributed by atoms with Crippen molar-refractivity contribution in [2.75, 3.05) is 6.54 Å². The molecule has 3 heteroatoms. The molecular formula is C15H28N2O. The largest absolute Gasteiger partial charge is 0.353 e. The van der Waals surface area contributed by atoms with E-state index < -0.39 is 0 Å². The molecule has 0 aliphatic heterocycles. The van der Waals surface area contributed by atoms with E-state index in [1.807, 2.05) is 0 Å². The van der Waals surface area contributed by atoms with E-state index >= 15 is 0 Å².